The highest BCUT2D eigenvalue weighted by atomic mass is 19.1. The molecule has 0 fully saturated rings. The van der Waals surface area contributed by atoms with Crippen molar-refractivity contribution in [2.24, 2.45) is 5.10 Å². The summed E-state index contributed by atoms with van der Waals surface area (Å²) in [6, 6.07) is 23.4. The normalized spacial score (nSPS) is 14.4. The molecule has 1 spiro atoms. The number of hydrogen-bond donors (Lipinski definition) is 1. The van der Waals surface area contributed by atoms with E-state index in [1.165, 1.54) is 29.4 Å². The van der Waals surface area contributed by atoms with Crippen LogP contribution in [0.25, 0.3) is 0 Å². The van der Waals surface area contributed by atoms with Crippen molar-refractivity contribution in [3.63, 3.8) is 0 Å². The van der Waals surface area contributed by atoms with Gasteiger partial charge in [0.15, 0.2) is 0 Å². The van der Waals surface area contributed by atoms with Crippen LogP contribution in [-0.2, 0) is 5.54 Å². The molecule has 2 heterocycles. The van der Waals surface area contributed by atoms with Gasteiger partial charge in [0, 0.05) is 77.5 Å². The van der Waals surface area contributed by atoms with E-state index in [1.54, 1.807) is 6.07 Å². The standard InChI is InChI=1S/C35H35FN4O3/c1-5-38(6-2)25-14-16-29-32(20-25)43-33-21-26(39(7-3)8-4)15-17-30(33)35(29)28-12-10-9-11-27(28)34(42)40(35)37-22-23-19-24(36)13-18-31(23)41/h9-22,41H,5-8H2,1-4H3/b37-22+. The van der Waals surface area contributed by atoms with Gasteiger partial charge in [-0.2, -0.15) is 5.10 Å². The third-order valence-corrected chi connectivity index (χ3v) is 8.55. The lowest BCUT2D eigenvalue weighted by Gasteiger charge is -2.42. The number of amides is 1. The number of aromatic hydroxyl groups is 1. The lowest BCUT2D eigenvalue weighted by Crippen LogP contribution is -2.44. The van der Waals surface area contributed by atoms with E-state index < -0.39 is 11.4 Å². The molecule has 7 nitrogen and oxygen atoms in total. The molecule has 8 heteroatoms. The number of halogens is 1. The molecule has 0 bridgehead atoms. The smallest absolute Gasteiger partial charge is 0.275 e. The highest BCUT2D eigenvalue weighted by Gasteiger charge is 2.57. The minimum Gasteiger partial charge on any atom is -0.507 e. The number of carbonyl (C=O) groups excluding carboxylic acids is 1. The second kappa shape index (κ2) is 11.1. The average molecular weight is 579 g/mol. The molecule has 1 N–H and O–H groups in total. The van der Waals surface area contributed by atoms with Crippen LogP contribution in [0.4, 0.5) is 15.8 Å². The van der Waals surface area contributed by atoms with E-state index in [-0.39, 0.29) is 17.2 Å². The second-order valence-corrected chi connectivity index (χ2v) is 10.6. The monoisotopic (exact) mass is 578 g/mol. The summed E-state index contributed by atoms with van der Waals surface area (Å²) in [5.41, 5.74) is 3.86. The molecule has 1 amide bonds. The lowest BCUT2D eigenvalue weighted by molar-refractivity contribution is 0.0675. The molecule has 2 aliphatic rings. The molecule has 0 aromatic heterocycles. The van der Waals surface area contributed by atoms with Gasteiger partial charge in [0.2, 0.25) is 0 Å². The summed E-state index contributed by atoms with van der Waals surface area (Å²) in [4.78, 5) is 18.7. The fraction of sp³-hybridized carbons (Fsp3) is 0.257. The van der Waals surface area contributed by atoms with E-state index in [9.17, 15) is 14.3 Å². The molecule has 0 radical (unpaired) electrons. The molecule has 0 saturated carbocycles. The third kappa shape index (κ3) is 4.40. The minimum atomic E-state index is -1.17. The largest absolute Gasteiger partial charge is 0.507 e. The maximum absolute atomic E-state index is 14.2. The molecule has 6 rings (SSSR count). The first-order valence-corrected chi connectivity index (χ1v) is 14.8. The maximum Gasteiger partial charge on any atom is 0.275 e. The van der Waals surface area contributed by atoms with E-state index in [1.807, 2.05) is 42.5 Å². The zero-order valence-electron chi connectivity index (χ0n) is 24.8. The number of rotatable bonds is 8. The van der Waals surface area contributed by atoms with Crippen LogP contribution in [0, 0.1) is 5.82 Å². The zero-order chi connectivity index (χ0) is 30.3. The van der Waals surface area contributed by atoms with Crippen LogP contribution in [0.15, 0.2) is 84.0 Å². The van der Waals surface area contributed by atoms with Crippen molar-refractivity contribution < 1.29 is 19.0 Å². The highest BCUT2D eigenvalue weighted by molar-refractivity contribution is 6.03. The van der Waals surface area contributed by atoms with Gasteiger partial charge in [-0.15, -0.1) is 0 Å². The lowest BCUT2D eigenvalue weighted by atomic mass is 9.75. The van der Waals surface area contributed by atoms with Gasteiger partial charge in [0.1, 0.15) is 28.6 Å². The molecule has 0 aliphatic carbocycles. The first-order valence-electron chi connectivity index (χ1n) is 14.8. The summed E-state index contributed by atoms with van der Waals surface area (Å²) in [6.45, 7) is 11.8. The van der Waals surface area contributed by atoms with Crippen molar-refractivity contribution in [2.45, 2.75) is 33.2 Å². The van der Waals surface area contributed by atoms with Crippen molar-refractivity contribution in [3.8, 4) is 17.2 Å². The quantitative estimate of drug-likeness (QED) is 0.226. The summed E-state index contributed by atoms with van der Waals surface area (Å²) in [7, 11) is 0. The number of phenols is 1. The summed E-state index contributed by atoms with van der Waals surface area (Å²) >= 11 is 0. The van der Waals surface area contributed by atoms with Gasteiger partial charge in [-0.05, 0) is 64.1 Å². The van der Waals surface area contributed by atoms with Crippen molar-refractivity contribution in [2.75, 3.05) is 36.0 Å². The molecule has 0 unspecified atom stereocenters. The Labute approximate surface area is 251 Å². The van der Waals surface area contributed by atoms with Crippen molar-refractivity contribution in [1.29, 1.82) is 0 Å². The maximum atomic E-state index is 14.2. The fourth-order valence-corrected chi connectivity index (χ4v) is 6.39. The summed E-state index contributed by atoms with van der Waals surface area (Å²) in [5.74, 6) is 0.310. The van der Waals surface area contributed by atoms with Crippen molar-refractivity contribution >= 4 is 23.5 Å². The van der Waals surface area contributed by atoms with E-state index in [0.717, 1.165) is 54.2 Å². The van der Waals surface area contributed by atoms with Gasteiger partial charge in [0.05, 0.1) is 6.21 Å². The number of ether oxygens (including phenoxy) is 1. The van der Waals surface area contributed by atoms with E-state index in [0.29, 0.717) is 17.1 Å². The van der Waals surface area contributed by atoms with Crippen LogP contribution in [0.2, 0.25) is 0 Å². The highest BCUT2D eigenvalue weighted by Crippen LogP contribution is 2.58. The summed E-state index contributed by atoms with van der Waals surface area (Å²) < 4.78 is 20.8. The zero-order valence-corrected chi connectivity index (χ0v) is 24.8. The number of hydrogen-bond acceptors (Lipinski definition) is 6. The molecule has 43 heavy (non-hydrogen) atoms. The van der Waals surface area contributed by atoms with Crippen LogP contribution in [0.1, 0.15) is 60.3 Å². The Morgan fingerprint density at radius 2 is 1.40 bits per heavy atom. The van der Waals surface area contributed by atoms with Crippen LogP contribution < -0.4 is 14.5 Å². The third-order valence-electron chi connectivity index (χ3n) is 8.55. The van der Waals surface area contributed by atoms with Crippen LogP contribution >= 0.6 is 0 Å². The van der Waals surface area contributed by atoms with Gasteiger partial charge in [0.25, 0.3) is 5.91 Å². The minimum absolute atomic E-state index is 0.135. The molecular formula is C35H35FN4O3. The Hall–Kier alpha value is -4.85. The molecular weight excluding hydrogens is 543 g/mol. The number of carbonyl (C=O) groups is 1. The van der Waals surface area contributed by atoms with Crippen LogP contribution in [-0.4, -0.2) is 48.4 Å². The summed E-state index contributed by atoms with van der Waals surface area (Å²) in [5, 5.41) is 16.6. The Kier molecular flexibility index (Phi) is 7.30. The predicted molar refractivity (Wildman–Crippen MR) is 168 cm³/mol. The predicted octanol–water partition coefficient (Wildman–Crippen LogP) is 7.11. The molecule has 220 valence electrons. The van der Waals surface area contributed by atoms with Gasteiger partial charge in [-0.3, -0.25) is 4.79 Å². The number of fused-ring (bicyclic) bond motifs is 6. The van der Waals surface area contributed by atoms with Gasteiger partial charge in [-0.25, -0.2) is 9.40 Å². The van der Waals surface area contributed by atoms with Crippen molar-refractivity contribution in [1.82, 2.24) is 5.01 Å². The van der Waals surface area contributed by atoms with Crippen LogP contribution in [0.3, 0.4) is 0 Å². The molecule has 2 aliphatic heterocycles. The number of benzene rings is 4. The molecule has 0 saturated heterocycles. The SMILES string of the molecule is CCN(CC)c1ccc2c(c1)Oc1cc(N(CC)CC)ccc1C21c2ccccc2C(=O)N1/N=C/c1cc(F)ccc1O. The first-order chi connectivity index (χ1) is 20.9. The number of nitrogens with zero attached hydrogens (tertiary/aromatic N) is 4. The Bertz CT molecular complexity index is 1670. The van der Waals surface area contributed by atoms with E-state index >= 15 is 0 Å². The molecule has 4 aromatic rings. The first kappa shape index (κ1) is 28.3. The van der Waals surface area contributed by atoms with Gasteiger partial charge < -0.3 is 19.6 Å². The number of hydrazone groups is 1. The Morgan fingerprint density at radius 3 is 1.98 bits per heavy atom. The van der Waals surface area contributed by atoms with E-state index in [2.05, 4.69) is 49.6 Å². The van der Waals surface area contributed by atoms with Gasteiger partial charge in [-0.1, -0.05) is 30.3 Å². The number of phenolic OH excluding ortho intramolecular Hbond substituents is 1. The topological polar surface area (TPSA) is 68.6 Å². The number of anilines is 2. The van der Waals surface area contributed by atoms with Gasteiger partial charge >= 0.3 is 0 Å². The van der Waals surface area contributed by atoms with E-state index in [4.69, 9.17) is 9.84 Å². The molecule has 4 aromatic carbocycles. The second-order valence-electron chi connectivity index (χ2n) is 10.6. The fourth-order valence-electron chi connectivity index (χ4n) is 6.39. The average Bonchev–Trinajstić information content (AvgIpc) is 3.26. The van der Waals surface area contributed by atoms with Crippen LogP contribution in [0.5, 0.6) is 17.2 Å². The van der Waals surface area contributed by atoms with Crippen molar-refractivity contribution in [3.05, 3.63) is 112 Å². The molecule has 0 atom stereocenters. The Morgan fingerprint density at radius 1 is 0.814 bits per heavy atom. The Balaban J connectivity index is 1.65. The summed E-state index contributed by atoms with van der Waals surface area (Å²) in [6.07, 6.45) is 1.34.